The third-order valence-electron chi connectivity index (χ3n) is 6.54. The molecule has 3 heterocycles. The smallest absolute Gasteiger partial charge is 0.227 e. The topological polar surface area (TPSA) is 49.6 Å². The second-order valence-corrected chi connectivity index (χ2v) is 8.58. The first-order chi connectivity index (χ1) is 14.2. The van der Waals surface area contributed by atoms with Crippen molar-refractivity contribution < 1.29 is 4.79 Å². The van der Waals surface area contributed by atoms with Crippen LogP contribution in [0.15, 0.2) is 48.7 Å². The predicted octanol–water partition coefficient (Wildman–Crippen LogP) is 4.31. The predicted molar refractivity (Wildman–Crippen MR) is 116 cm³/mol. The number of carbonyl (C=O) groups is 1. The van der Waals surface area contributed by atoms with Gasteiger partial charge in [0, 0.05) is 48.7 Å². The lowest BCUT2D eigenvalue weighted by Gasteiger charge is -2.32. The lowest BCUT2D eigenvalue weighted by atomic mass is 9.89. The Bertz CT molecular complexity index is 1020. The number of benzene rings is 1. The first-order valence-electron chi connectivity index (χ1n) is 10.8. The van der Waals surface area contributed by atoms with E-state index in [1.165, 1.54) is 24.2 Å². The molecular formula is C24H28N4O. The summed E-state index contributed by atoms with van der Waals surface area (Å²) in [6.07, 6.45) is 7.02. The minimum absolute atomic E-state index is 0.00846. The molecule has 1 saturated heterocycles. The van der Waals surface area contributed by atoms with Gasteiger partial charge in [-0.1, -0.05) is 13.0 Å². The van der Waals surface area contributed by atoms with Gasteiger partial charge in [-0.2, -0.15) is 0 Å². The van der Waals surface area contributed by atoms with Crippen LogP contribution >= 0.6 is 0 Å². The van der Waals surface area contributed by atoms with Gasteiger partial charge in [0.05, 0.1) is 5.69 Å². The van der Waals surface area contributed by atoms with Gasteiger partial charge in [-0.25, -0.2) is 4.98 Å². The zero-order valence-electron chi connectivity index (χ0n) is 17.0. The van der Waals surface area contributed by atoms with E-state index in [4.69, 9.17) is 4.98 Å². The van der Waals surface area contributed by atoms with Crippen LogP contribution in [-0.4, -0.2) is 28.4 Å². The molecule has 0 bridgehead atoms. The Morgan fingerprint density at radius 3 is 2.66 bits per heavy atom. The van der Waals surface area contributed by atoms with E-state index in [0.29, 0.717) is 0 Å². The summed E-state index contributed by atoms with van der Waals surface area (Å²) in [4.78, 5) is 20.1. The van der Waals surface area contributed by atoms with Crippen LogP contribution in [0.2, 0.25) is 0 Å². The number of piperidine rings is 1. The van der Waals surface area contributed by atoms with Crippen molar-refractivity contribution in [3.05, 3.63) is 60.0 Å². The molecule has 1 N–H and O–H groups in total. The molecule has 29 heavy (non-hydrogen) atoms. The first-order valence-corrected chi connectivity index (χ1v) is 10.8. The molecule has 5 nitrogen and oxygen atoms in total. The van der Waals surface area contributed by atoms with E-state index in [-0.39, 0.29) is 11.8 Å². The fourth-order valence-corrected chi connectivity index (χ4v) is 4.65. The molecular weight excluding hydrogens is 360 g/mol. The Kier molecular flexibility index (Phi) is 4.74. The average Bonchev–Trinajstić information content (AvgIpc) is 3.13. The summed E-state index contributed by atoms with van der Waals surface area (Å²) in [5.74, 6) is 0.931. The van der Waals surface area contributed by atoms with Gasteiger partial charge in [0.25, 0.3) is 0 Å². The number of aryl methyl sites for hydroxylation is 1. The quantitative estimate of drug-likeness (QED) is 0.727. The normalized spacial score (nSPS) is 19.9. The number of nitrogens with zero attached hydrogens (tertiary/aromatic N) is 3. The Morgan fingerprint density at radius 1 is 1.07 bits per heavy atom. The van der Waals surface area contributed by atoms with E-state index in [0.717, 1.165) is 55.3 Å². The molecule has 1 unspecified atom stereocenters. The number of hydrogen-bond donors (Lipinski definition) is 1. The molecule has 1 aliphatic carbocycles. The van der Waals surface area contributed by atoms with Gasteiger partial charge in [0.2, 0.25) is 5.91 Å². The summed E-state index contributed by atoms with van der Waals surface area (Å²) >= 11 is 0. The van der Waals surface area contributed by atoms with Gasteiger partial charge in [0.15, 0.2) is 0 Å². The van der Waals surface area contributed by atoms with E-state index in [2.05, 4.69) is 33.7 Å². The zero-order valence-corrected chi connectivity index (χ0v) is 17.0. The maximum absolute atomic E-state index is 12.9. The SMILES string of the molecule is CC1CCN(c2ccc(NC(=O)C3CCc4nc5ccccn5c4C3)cc2)CC1. The van der Waals surface area contributed by atoms with Crippen LogP contribution in [-0.2, 0) is 17.6 Å². The number of pyridine rings is 1. The number of amides is 1. The summed E-state index contributed by atoms with van der Waals surface area (Å²) < 4.78 is 2.13. The van der Waals surface area contributed by atoms with Crippen LogP contribution in [0.3, 0.4) is 0 Å². The van der Waals surface area contributed by atoms with Gasteiger partial charge in [-0.3, -0.25) is 4.79 Å². The molecule has 1 aliphatic heterocycles. The number of hydrogen-bond acceptors (Lipinski definition) is 3. The van der Waals surface area contributed by atoms with Crippen molar-refractivity contribution in [3.8, 4) is 0 Å². The molecule has 5 rings (SSSR count). The fourth-order valence-electron chi connectivity index (χ4n) is 4.65. The van der Waals surface area contributed by atoms with Crippen molar-refractivity contribution in [2.75, 3.05) is 23.3 Å². The minimum atomic E-state index is -0.00846. The molecule has 0 saturated carbocycles. The average molecular weight is 389 g/mol. The fraction of sp³-hybridized carbons (Fsp3) is 0.417. The van der Waals surface area contributed by atoms with E-state index in [1.54, 1.807) is 0 Å². The van der Waals surface area contributed by atoms with E-state index in [1.807, 2.05) is 36.5 Å². The molecule has 0 radical (unpaired) electrons. The third-order valence-corrected chi connectivity index (χ3v) is 6.54. The van der Waals surface area contributed by atoms with Crippen molar-refractivity contribution >= 4 is 22.9 Å². The zero-order chi connectivity index (χ0) is 19.8. The van der Waals surface area contributed by atoms with E-state index in [9.17, 15) is 4.79 Å². The Hall–Kier alpha value is -2.82. The first kappa shape index (κ1) is 18.2. The molecule has 1 amide bonds. The van der Waals surface area contributed by atoms with E-state index < -0.39 is 0 Å². The standard InChI is InChI=1S/C24H28N4O/c1-17-11-14-27(15-12-17)20-8-6-19(7-9-20)25-24(29)18-5-10-21-22(16-18)28-13-3-2-4-23(28)26-21/h2-4,6-9,13,17-18H,5,10-12,14-16H2,1H3,(H,25,29). The van der Waals surface area contributed by atoms with Gasteiger partial charge < -0.3 is 14.6 Å². The molecule has 3 aromatic rings. The highest BCUT2D eigenvalue weighted by Crippen LogP contribution is 2.28. The van der Waals surface area contributed by atoms with Gasteiger partial charge in [-0.05, 0) is 68.0 Å². The molecule has 2 aliphatic rings. The molecule has 1 atom stereocenters. The van der Waals surface area contributed by atoms with Crippen molar-refractivity contribution in [1.29, 1.82) is 0 Å². The van der Waals surface area contributed by atoms with Gasteiger partial charge in [-0.15, -0.1) is 0 Å². The lowest BCUT2D eigenvalue weighted by molar-refractivity contribution is -0.120. The largest absolute Gasteiger partial charge is 0.372 e. The summed E-state index contributed by atoms with van der Waals surface area (Å²) in [7, 11) is 0. The lowest BCUT2D eigenvalue weighted by Crippen LogP contribution is -2.32. The third kappa shape index (κ3) is 3.61. The maximum atomic E-state index is 12.9. The Morgan fingerprint density at radius 2 is 1.86 bits per heavy atom. The van der Waals surface area contributed by atoms with Gasteiger partial charge >= 0.3 is 0 Å². The van der Waals surface area contributed by atoms with Gasteiger partial charge in [0.1, 0.15) is 5.65 Å². The molecule has 2 aromatic heterocycles. The maximum Gasteiger partial charge on any atom is 0.227 e. The van der Waals surface area contributed by atoms with Crippen LogP contribution in [0, 0.1) is 11.8 Å². The number of fused-ring (bicyclic) bond motifs is 3. The molecule has 1 aromatic carbocycles. The number of rotatable bonds is 3. The Balaban J connectivity index is 1.25. The second-order valence-electron chi connectivity index (χ2n) is 8.58. The second kappa shape index (κ2) is 7.54. The summed E-state index contributed by atoms with van der Waals surface area (Å²) in [5.41, 5.74) is 5.43. The highest BCUT2D eigenvalue weighted by Gasteiger charge is 2.28. The number of aromatic nitrogens is 2. The molecule has 1 fully saturated rings. The number of nitrogens with one attached hydrogen (secondary N) is 1. The molecule has 5 heteroatoms. The highest BCUT2D eigenvalue weighted by molar-refractivity contribution is 5.93. The van der Waals surface area contributed by atoms with Crippen LogP contribution in [0.5, 0.6) is 0 Å². The summed E-state index contributed by atoms with van der Waals surface area (Å²) in [5, 5.41) is 3.13. The van der Waals surface area contributed by atoms with Crippen LogP contribution in [0.4, 0.5) is 11.4 Å². The number of carbonyl (C=O) groups excluding carboxylic acids is 1. The minimum Gasteiger partial charge on any atom is -0.372 e. The van der Waals surface area contributed by atoms with Crippen molar-refractivity contribution in [1.82, 2.24) is 9.38 Å². The van der Waals surface area contributed by atoms with Crippen LogP contribution in [0.1, 0.15) is 37.6 Å². The van der Waals surface area contributed by atoms with Crippen molar-refractivity contribution in [3.63, 3.8) is 0 Å². The number of anilines is 2. The highest BCUT2D eigenvalue weighted by atomic mass is 16.1. The van der Waals surface area contributed by atoms with Crippen molar-refractivity contribution in [2.24, 2.45) is 11.8 Å². The summed E-state index contributed by atoms with van der Waals surface area (Å²) in [6.45, 7) is 4.57. The monoisotopic (exact) mass is 388 g/mol. The molecule has 150 valence electrons. The Labute approximate surface area is 171 Å². The summed E-state index contributed by atoms with van der Waals surface area (Å²) in [6, 6.07) is 14.4. The van der Waals surface area contributed by atoms with Crippen LogP contribution < -0.4 is 10.2 Å². The van der Waals surface area contributed by atoms with E-state index >= 15 is 0 Å². The van der Waals surface area contributed by atoms with Crippen molar-refractivity contribution in [2.45, 2.75) is 39.0 Å². The molecule has 0 spiro atoms. The van der Waals surface area contributed by atoms with Crippen LogP contribution in [0.25, 0.3) is 5.65 Å². The number of imidazole rings is 1.